The molecule has 4 aromatic rings. The zero-order chi connectivity index (χ0) is 26.1. The zero-order valence-corrected chi connectivity index (χ0v) is 22.4. The Morgan fingerprint density at radius 1 is 0.632 bits per heavy atom. The molecule has 196 valence electrons. The summed E-state index contributed by atoms with van der Waals surface area (Å²) in [7, 11) is 3.45. The van der Waals surface area contributed by atoms with E-state index >= 15 is 0 Å². The Kier molecular flexibility index (Phi) is 6.84. The van der Waals surface area contributed by atoms with E-state index in [2.05, 4.69) is 58.3 Å². The van der Waals surface area contributed by atoms with E-state index in [1.54, 1.807) is 14.2 Å². The molecule has 2 heterocycles. The minimum atomic E-state index is 0.183. The third kappa shape index (κ3) is 4.66. The van der Waals surface area contributed by atoms with Crippen molar-refractivity contribution in [3.8, 4) is 11.5 Å². The Hall–Kier alpha value is -3.73. The van der Waals surface area contributed by atoms with Crippen LogP contribution in [0.1, 0.15) is 25.7 Å². The van der Waals surface area contributed by atoms with Gasteiger partial charge in [-0.15, -0.1) is 0 Å². The Labute approximate surface area is 224 Å². The number of rotatable bonds is 6. The van der Waals surface area contributed by atoms with Gasteiger partial charge in [0.05, 0.1) is 14.2 Å². The maximum atomic E-state index is 13.5. The predicted octanol–water partition coefficient (Wildman–Crippen LogP) is 6.71. The fourth-order valence-electron chi connectivity index (χ4n) is 6.39. The van der Waals surface area contributed by atoms with Crippen LogP contribution in [-0.2, 0) is 4.79 Å². The van der Waals surface area contributed by atoms with Crippen molar-refractivity contribution in [2.24, 2.45) is 11.8 Å². The molecule has 0 aliphatic carbocycles. The highest BCUT2D eigenvalue weighted by Crippen LogP contribution is 2.35. The van der Waals surface area contributed by atoms with E-state index in [1.807, 2.05) is 24.3 Å². The molecular formula is C33H36N2O3. The van der Waals surface area contributed by atoms with Crippen LogP contribution in [0.5, 0.6) is 11.5 Å². The average Bonchev–Trinajstić information content (AvgIpc) is 2.99. The van der Waals surface area contributed by atoms with Gasteiger partial charge in [-0.05, 0) is 72.9 Å². The van der Waals surface area contributed by atoms with Crippen LogP contribution in [-0.4, -0.2) is 46.2 Å². The van der Waals surface area contributed by atoms with E-state index in [0.29, 0.717) is 5.78 Å². The summed E-state index contributed by atoms with van der Waals surface area (Å²) >= 11 is 0. The Balaban J connectivity index is 1.06. The van der Waals surface area contributed by atoms with Crippen LogP contribution in [0, 0.1) is 11.8 Å². The molecular weight excluding hydrogens is 472 g/mol. The second-order valence-corrected chi connectivity index (χ2v) is 10.7. The number of nitrogens with zero attached hydrogens (tertiary/aromatic N) is 2. The van der Waals surface area contributed by atoms with Crippen molar-refractivity contribution in [3.05, 3.63) is 72.8 Å². The number of Topliss-reactive ketones (excluding diaryl/α,β-unsaturated/α-hetero) is 1. The Bertz CT molecular complexity index is 1340. The van der Waals surface area contributed by atoms with Crippen LogP contribution in [0.25, 0.3) is 21.5 Å². The molecule has 0 spiro atoms. The van der Waals surface area contributed by atoms with Gasteiger partial charge in [-0.25, -0.2) is 0 Å². The van der Waals surface area contributed by atoms with Gasteiger partial charge in [-0.3, -0.25) is 4.79 Å². The van der Waals surface area contributed by atoms with Crippen LogP contribution in [0.3, 0.4) is 0 Å². The third-order valence-electron chi connectivity index (χ3n) is 8.62. The highest BCUT2D eigenvalue weighted by Gasteiger charge is 2.32. The molecule has 0 aromatic heterocycles. The molecule has 38 heavy (non-hydrogen) atoms. The van der Waals surface area contributed by atoms with Gasteiger partial charge in [0.2, 0.25) is 0 Å². The summed E-state index contributed by atoms with van der Waals surface area (Å²) in [6.45, 7) is 3.70. The summed E-state index contributed by atoms with van der Waals surface area (Å²) < 4.78 is 11.2. The minimum Gasteiger partial charge on any atom is -0.496 e. The number of ketones is 1. The van der Waals surface area contributed by atoms with Crippen molar-refractivity contribution in [2.45, 2.75) is 25.7 Å². The number of piperidine rings is 2. The molecule has 5 heteroatoms. The minimum absolute atomic E-state index is 0.183. The SMILES string of the molecule is COc1cccc2ccc(N3CCC(C(=O)C4CCN(c5ccc6cccc(OC)c6c5)CC4)CC3)cc12. The van der Waals surface area contributed by atoms with Crippen molar-refractivity contribution in [1.82, 2.24) is 0 Å². The molecule has 2 saturated heterocycles. The molecule has 0 atom stereocenters. The first-order valence-corrected chi connectivity index (χ1v) is 13.8. The van der Waals surface area contributed by atoms with Crippen LogP contribution < -0.4 is 19.3 Å². The number of fused-ring (bicyclic) bond motifs is 2. The lowest BCUT2D eigenvalue weighted by molar-refractivity contribution is -0.128. The van der Waals surface area contributed by atoms with Crippen LogP contribution in [0.15, 0.2) is 72.8 Å². The molecule has 2 aliphatic heterocycles. The van der Waals surface area contributed by atoms with Gasteiger partial charge >= 0.3 is 0 Å². The van der Waals surface area contributed by atoms with Gasteiger partial charge in [0, 0.05) is 60.2 Å². The van der Waals surface area contributed by atoms with Gasteiger partial charge < -0.3 is 19.3 Å². The van der Waals surface area contributed by atoms with E-state index in [4.69, 9.17) is 9.47 Å². The van der Waals surface area contributed by atoms with Gasteiger partial charge in [-0.2, -0.15) is 0 Å². The van der Waals surface area contributed by atoms with Gasteiger partial charge in [0.15, 0.2) is 0 Å². The molecule has 5 nitrogen and oxygen atoms in total. The third-order valence-corrected chi connectivity index (χ3v) is 8.62. The number of hydrogen-bond acceptors (Lipinski definition) is 5. The second kappa shape index (κ2) is 10.6. The summed E-state index contributed by atoms with van der Waals surface area (Å²) in [5.41, 5.74) is 2.43. The van der Waals surface area contributed by atoms with Crippen LogP contribution in [0.2, 0.25) is 0 Å². The predicted molar refractivity (Wildman–Crippen MR) is 156 cm³/mol. The molecule has 0 bridgehead atoms. The van der Waals surface area contributed by atoms with E-state index in [-0.39, 0.29) is 11.8 Å². The molecule has 0 radical (unpaired) electrons. The molecule has 0 saturated carbocycles. The second-order valence-electron chi connectivity index (χ2n) is 10.7. The number of benzene rings is 4. The van der Waals surface area contributed by atoms with Gasteiger partial charge in [0.25, 0.3) is 0 Å². The Morgan fingerprint density at radius 3 is 1.45 bits per heavy atom. The van der Waals surface area contributed by atoms with Crippen molar-refractivity contribution in [3.63, 3.8) is 0 Å². The van der Waals surface area contributed by atoms with E-state index in [1.165, 1.54) is 22.1 Å². The monoisotopic (exact) mass is 508 g/mol. The summed E-state index contributed by atoms with van der Waals surface area (Å²) in [5, 5.41) is 4.66. The molecule has 0 amide bonds. The molecule has 6 rings (SSSR count). The number of ether oxygens (including phenoxy) is 2. The fraction of sp³-hybridized carbons (Fsp3) is 0.364. The summed E-state index contributed by atoms with van der Waals surface area (Å²) in [5.74, 6) is 2.67. The van der Waals surface area contributed by atoms with E-state index in [9.17, 15) is 4.79 Å². The maximum absolute atomic E-state index is 13.5. The highest BCUT2D eigenvalue weighted by molar-refractivity contribution is 5.92. The lowest BCUT2D eigenvalue weighted by Gasteiger charge is -2.37. The molecule has 0 unspecified atom stereocenters. The molecule has 4 aromatic carbocycles. The highest BCUT2D eigenvalue weighted by atomic mass is 16.5. The number of anilines is 2. The van der Waals surface area contributed by atoms with Crippen molar-refractivity contribution >= 4 is 38.7 Å². The average molecular weight is 509 g/mol. The van der Waals surface area contributed by atoms with E-state index < -0.39 is 0 Å². The Morgan fingerprint density at radius 2 is 1.05 bits per heavy atom. The number of hydrogen-bond donors (Lipinski definition) is 0. The molecule has 2 fully saturated rings. The lowest BCUT2D eigenvalue weighted by Crippen LogP contribution is -2.41. The summed E-state index contributed by atoms with van der Waals surface area (Å²) in [6.07, 6.45) is 3.75. The van der Waals surface area contributed by atoms with Gasteiger partial charge in [-0.1, -0.05) is 36.4 Å². The number of methoxy groups -OCH3 is 2. The van der Waals surface area contributed by atoms with Crippen LogP contribution in [0.4, 0.5) is 11.4 Å². The number of carbonyl (C=O) groups is 1. The first kappa shape index (κ1) is 24.6. The largest absolute Gasteiger partial charge is 0.496 e. The van der Waals surface area contributed by atoms with Crippen LogP contribution >= 0.6 is 0 Å². The van der Waals surface area contributed by atoms with Crippen molar-refractivity contribution in [1.29, 1.82) is 0 Å². The molecule has 0 N–H and O–H groups in total. The van der Waals surface area contributed by atoms with Crippen molar-refractivity contribution < 1.29 is 14.3 Å². The number of carbonyl (C=O) groups excluding carboxylic acids is 1. The maximum Gasteiger partial charge on any atom is 0.139 e. The molecule has 2 aliphatic rings. The normalized spacial score (nSPS) is 17.2. The quantitative estimate of drug-likeness (QED) is 0.289. The van der Waals surface area contributed by atoms with Gasteiger partial charge in [0.1, 0.15) is 17.3 Å². The van der Waals surface area contributed by atoms with Crippen molar-refractivity contribution in [2.75, 3.05) is 50.2 Å². The first-order chi connectivity index (χ1) is 18.6. The fourth-order valence-corrected chi connectivity index (χ4v) is 6.39. The smallest absolute Gasteiger partial charge is 0.139 e. The lowest BCUT2D eigenvalue weighted by atomic mass is 9.81. The standard InChI is InChI=1S/C33H36N2O3/c1-37-31-7-3-5-23-9-11-27(21-29(23)31)34-17-13-25(14-18-34)33(36)26-15-19-35(20-16-26)28-12-10-24-6-4-8-32(38-2)30(24)22-28/h3-12,21-22,25-26H,13-20H2,1-2H3. The topological polar surface area (TPSA) is 42.0 Å². The summed E-state index contributed by atoms with van der Waals surface area (Å²) in [6, 6.07) is 25.5. The summed E-state index contributed by atoms with van der Waals surface area (Å²) in [4.78, 5) is 18.3. The first-order valence-electron chi connectivity index (χ1n) is 13.8. The zero-order valence-electron chi connectivity index (χ0n) is 22.4. The van der Waals surface area contributed by atoms with E-state index in [0.717, 1.165) is 74.1 Å².